The molecule has 0 aliphatic heterocycles. The summed E-state index contributed by atoms with van der Waals surface area (Å²) in [6.45, 7) is 4.28. The smallest absolute Gasteiger partial charge is 0.225 e. The lowest BCUT2D eigenvalue weighted by atomic mass is 10.1. The Bertz CT molecular complexity index is 367. The van der Waals surface area contributed by atoms with Crippen molar-refractivity contribution in [2.75, 3.05) is 32.1 Å². The van der Waals surface area contributed by atoms with Gasteiger partial charge < -0.3 is 15.4 Å². The molecule has 0 fully saturated rings. The van der Waals surface area contributed by atoms with Crippen LogP contribution >= 0.6 is 0 Å². The number of anilines is 1. The van der Waals surface area contributed by atoms with E-state index in [2.05, 4.69) is 10.6 Å². The minimum Gasteiger partial charge on any atom is -0.384 e. The topological polar surface area (TPSA) is 50.4 Å². The van der Waals surface area contributed by atoms with Gasteiger partial charge in [0.1, 0.15) is 0 Å². The Hall–Kier alpha value is -1.39. The zero-order valence-electron chi connectivity index (χ0n) is 11.2. The van der Waals surface area contributed by atoms with Crippen LogP contribution < -0.4 is 10.6 Å². The minimum atomic E-state index is 0.0424. The Labute approximate surface area is 109 Å². The Morgan fingerprint density at radius 3 is 2.83 bits per heavy atom. The highest BCUT2D eigenvalue weighted by atomic mass is 16.5. The van der Waals surface area contributed by atoms with E-state index in [4.69, 9.17) is 4.74 Å². The van der Waals surface area contributed by atoms with E-state index in [1.54, 1.807) is 7.11 Å². The van der Waals surface area contributed by atoms with Gasteiger partial charge in [0.05, 0.1) is 6.61 Å². The summed E-state index contributed by atoms with van der Waals surface area (Å²) in [6.07, 6.45) is 1.30. The second-order valence-corrected chi connectivity index (χ2v) is 4.05. The molecule has 0 radical (unpaired) electrons. The fourth-order valence-electron chi connectivity index (χ4n) is 1.66. The maximum atomic E-state index is 11.7. The zero-order chi connectivity index (χ0) is 13.2. The lowest BCUT2D eigenvalue weighted by Gasteiger charge is -2.10. The molecule has 0 heterocycles. The number of carbonyl (C=O) groups is 1. The summed E-state index contributed by atoms with van der Waals surface area (Å²) >= 11 is 0. The van der Waals surface area contributed by atoms with Crippen molar-refractivity contribution >= 4 is 11.6 Å². The van der Waals surface area contributed by atoms with Gasteiger partial charge in [-0.1, -0.05) is 25.1 Å². The summed E-state index contributed by atoms with van der Waals surface area (Å²) in [5.74, 6) is 0.0424. The van der Waals surface area contributed by atoms with E-state index in [1.165, 1.54) is 0 Å². The Morgan fingerprint density at radius 1 is 1.33 bits per heavy atom. The molecule has 0 unspecified atom stereocenters. The van der Waals surface area contributed by atoms with Crippen LogP contribution in [0.15, 0.2) is 24.3 Å². The van der Waals surface area contributed by atoms with Crippen LogP contribution in [0.1, 0.15) is 18.9 Å². The first-order valence-corrected chi connectivity index (χ1v) is 6.35. The van der Waals surface area contributed by atoms with Crippen molar-refractivity contribution < 1.29 is 9.53 Å². The second-order valence-electron chi connectivity index (χ2n) is 4.05. The Kier molecular flexibility index (Phi) is 7.06. The molecular weight excluding hydrogens is 228 g/mol. The van der Waals surface area contributed by atoms with Crippen molar-refractivity contribution in [2.45, 2.75) is 19.8 Å². The van der Waals surface area contributed by atoms with Gasteiger partial charge in [-0.05, 0) is 24.6 Å². The molecule has 4 nitrogen and oxygen atoms in total. The first-order valence-electron chi connectivity index (χ1n) is 6.35. The van der Waals surface area contributed by atoms with Crippen molar-refractivity contribution in [1.82, 2.24) is 5.32 Å². The first-order chi connectivity index (χ1) is 8.77. The molecule has 0 atom stereocenters. The Balaban J connectivity index is 2.51. The summed E-state index contributed by atoms with van der Waals surface area (Å²) in [5.41, 5.74) is 1.99. The first kappa shape index (κ1) is 14.7. The number of hydrogen-bond donors (Lipinski definition) is 2. The molecule has 0 saturated carbocycles. The Morgan fingerprint density at radius 2 is 2.11 bits per heavy atom. The molecule has 4 heteroatoms. The van der Waals surface area contributed by atoms with Crippen LogP contribution in [0.2, 0.25) is 0 Å². The monoisotopic (exact) mass is 250 g/mol. The molecule has 1 amide bonds. The summed E-state index contributed by atoms with van der Waals surface area (Å²) in [4.78, 5) is 11.7. The SMILES string of the molecule is CCNCCC(=O)Nc1ccccc1CCOC. The molecular formula is C14H22N2O2. The number of nitrogens with one attached hydrogen (secondary N) is 2. The van der Waals surface area contributed by atoms with Crippen molar-refractivity contribution in [3.05, 3.63) is 29.8 Å². The molecule has 1 aromatic carbocycles. The molecule has 0 spiro atoms. The fourth-order valence-corrected chi connectivity index (χ4v) is 1.66. The number of carbonyl (C=O) groups excluding carboxylic acids is 1. The minimum absolute atomic E-state index is 0.0424. The second kappa shape index (κ2) is 8.66. The van der Waals surface area contributed by atoms with E-state index in [0.717, 1.165) is 24.2 Å². The molecule has 0 aromatic heterocycles. The number of rotatable bonds is 8. The molecule has 0 saturated heterocycles. The molecule has 0 bridgehead atoms. The van der Waals surface area contributed by atoms with Gasteiger partial charge in [0.15, 0.2) is 0 Å². The van der Waals surface area contributed by atoms with E-state index in [9.17, 15) is 4.79 Å². The predicted molar refractivity (Wildman–Crippen MR) is 73.8 cm³/mol. The van der Waals surface area contributed by atoms with Crippen LogP contribution in [0.25, 0.3) is 0 Å². The third-order valence-corrected chi connectivity index (χ3v) is 2.65. The molecule has 0 aliphatic rings. The zero-order valence-corrected chi connectivity index (χ0v) is 11.2. The normalized spacial score (nSPS) is 10.3. The van der Waals surface area contributed by atoms with E-state index >= 15 is 0 Å². The summed E-state index contributed by atoms with van der Waals surface area (Å²) < 4.78 is 5.06. The largest absolute Gasteiger partial charge is 0.384 e. The molecule has 1 aromatic rings. The maximum Gasteiger partial charge on any atom is 0.225 e. The maximum absolute atomic E-state index is 11.7. The number of para-hydroxylation sites is 1. The van der Waals surface area contributed by atoms with Crippen LogP contribution in [-0.2, 0) is 16.0 Å². The molecule has 100 valence electrons. The van der Waals surface area contributed by atoms with Crippen LogP contribution in [0.4, 0.5) is 5.69 Å². The van der Waals surface area contributed by atoms with E-state index in [1.807, 2.05) is 31.2 Å². The van der Waals surface area contributed by atoms with Crippen molar-refractivity contribution in [3.63, 3.8) is 0 Å². The quantitative estimate of drug-likeness (QED) is 0.692. The van der Waals surface area contributed by atoms with Crippen LogP contribution in [0, 0.1) is 0 Å². The lowest BCUT2D eigenvalue weighted by Crippen LogP contribution is -2.21. The van der Waals surface area contributed by atoms with Crippen molar-refractivity contribution in [1.29, 1.82) is 0 Å². The summed E-state index contributed by atoms with van der Waals surface area (Å²) in [7, 11) is 1.68. The van der Waals surface area contributed by atoms with Crippen LogP contribution in [-0.4, -0.2) is 32.7 Å². The highest BCUT2D eigenvalue weighted by Gasteiger charge is 2.05. The van der Waals surface area contributed by atoms with Gasteiger partial charge in [0, 0.05) is 25.8 Å². The number of ether oxygens (including phenoxy) is 1. The average molecular weight is 250 g/mol. The highest BCUT2D eigenvalue weighted by Crippen LogP contribution is 2.15. The third kappa shape index (κ3) is 5.29. The van der Waals surface area contributed by atoms with Crippen molar-refractivity contribution in [2.24, 2.45) is 0 Å². The molecule has 1 rings (SSSR count). The van der Waals surface area contributed by atoms with Gasteiger partial charge in [-0.15, -0.1) is 0 Å². The molecule has 2 N–H and O–H groups in total. The molecule has 18 heavy (non-hydrogen) atoms. The van der Waals surface area contributed by atoms with E-state index in [-0.39, 0.29) is 5.91 Å². The number of methoxy groups -OCH3 is 1. The molecule has 0 aliphatic carbocycles. The fraction of sp³-hybridized carbons (Fsp3) is 0.500. The summed E-state index contributed by atoms with van der Waals surface area (Å²) in [5, 5.41) is 6.08. The average Bonchev–Trinajstić information content (AvgIpc) is 2.38. The number of amides is 1. The predicted octanol–water partition coefficient (Wildman–Crippen LogP) is 1.81. The summed E-state index contributed by atoms with van der Waals surface area (Å²) in [6, 6.07) is 7.84. The van der Waals surface area contributed by atoms with Crippen molar-refractivity contribution in [3.8, 4) is 0 Å². The van der Waals surface area contributed by atoms with Gasteiger partial charge >= 0.3 is 0 Å². The number of benzene rings is 1. The van der Waals surface area contributed by atoms with Gasteiger partial charge in [0.25, 0.3) is 0 Å². The van der Waals surface area contributed by atoms with Crippen LogP contribution in [0.5, 0.6) is 0 Å². The van der Waals surface area contributed by atoms with Gasteiger partial charge in [-0.2, -0.15) is 0 Å². The van der Waals surface area contributed by atoms with Gasteiger partial charge in [0.2, 0.25) is 5.91 Å². The lowest BCUT2D eigenvalue weighted by molar-refractivity contribution is -0.116. The highest BCUT2D eigenvalue weighted by molar-refractivity contribution is 5.91. The van der Waals surface area contributed by atoms with Crippen LogP contribution in [0.3, 0.4) is 0 Å². The number of hydrogen-bond acceptors (Lipinski definition) is 3. The standard InChI is InChI=1S/C14H22N2O2/c1-3-15-10-8-14(17)16-13-7-5-4-6-12(13)9-11-18-2/h4-7,15H,3,8-11H2,1-2H3,(H,16,17). The van der Waals surface area contributed by atoms with E-state index < -0.39 is 0 Å². The van der Waals surface area contributed by atoms with Gasteiger partial charge in [-0.25, -0.2) is 0 Å². The van der Waals surface area contributed by atoms with Gasteiger partial charge in [-0.3, -0.25) is 4.79 Å². The third-order valence-electron chi connectivity index (χ3n) is 2.65. The van der Waals surface area contributed by atoms with E-state index in [0.29, 0.717) is 19.6 Å².